The molecule has 0 saturated carbocycles. The average molecular weight is 242 g/mol. The number of thioether (sulfide) groups is 1. The first kappa shape index (κ1) is 10.4. The third-order valence-corrected chi connectivity index (χ3v) is 3.49. The lowest BCUT2D eigenvalue weighted by atomic mass is 10.1. The van der Waals surface area contributed by atoms with Gasteiger partial charge in [0, 0.05) is 4.90 Å². The van der Waals surface area contributed by atoms with Gasteiger partial charge in [-0.3, -0.25) is 0 Å². The van der Waals surface area contributed by atoms with Crippen LogP contribution in [0, 0.1) is 0 Å². The molecule has 0 N–H and O–H groups in total. The number of hydrogen-bond acceptors (Lipinski definition) is 4. The zero-order valence-corrected chi connectivity index (χ0v) is 9.85. The molecular weight excluding hydrogens is 232 g/mol. The largest absolute Gasteiger partial charge is 0.343 e. The Balaban J connectivity index is 1.81. The summed E-state index contributed by atoms with van der Waals surface area (Å²) in [6.45, 7) is 0. The van der Waals surface area contributed by atoms with Gasteiger partial charge in [0.25, 0.3) is 0 Å². The second-order valence-electron chi connectivity index (χ2n) is 3.65. The minimum atomic E-state index is 0.725. The molecular formula is C13H10N2OS. The summed E-state index contributed by atoms with van der Waals surface area (Å²) in [7, 11) is 0. The maximum atomic E-state index is 4.70. The molecule has 84 valence electrons. The SMILES string of the molecule is c1ccc2cc(SCc3ncon3)ccc2c1. The van der Waals surface area contributed by atoms with Crippen LogP contribution >= 0.6 is 11.8 Å². The summed E-state index contributed by atoms with van der Waals surface area (Å²) in [5.41, 5.74) is 0. The Labute approximate surface area is 103 Å². The molecule has 3 aromatic rings. The molecule has 0 saturated heterocycles. The molecule has 0 atom stereocenters. The van der Waals surface area contributed by atoms with Gasteiger partial charge in [0.05, 0.1) is 5.75 Å². The van der Waals surface area contributed by atoms with E-state index in [1.807, 2.05) is 0 Å². The summed E-state index contributed by atoms with van der Waals surface area (Å²) in [6, 6.07) is 14.8. The summed E-state index contributed by atoms with van der Waals surface area (Å²) < 4.78 is 4.70. The molecule has 0 aliphatic rings. The quantitative estimate of drug-likeness (QED) is 0.659. The molecule has 0 unspecified atom stereocenters. The normalized spacial score (nSPS) is 10.8. The highest BCUT2D eigenvalue weighted by Crippen LogP contribution is 2.25. The van der Waals surface area contributed by atoms with E-state index in [9.17, 15) is 0 Å². The maximum absolute atomic E-state index is 4.70. The summed E-state index contributed by atoms with van der Waals surface area (Å²) >= 11 is 1.71. The van der Waals surface area contributed by atoms with E-state index in [1.165, 1.54) is 22.1 Å². The van der Waals surface area contributed by atoms with Crippen LogP contribution < -0.4 is 0 Å². The second kappa shape index (κ2) is 4.59. The van der Waals surface area contributed by atoms with Gasteiger partial charge in [0.1, 0.15) is 0 Å². The highest BCUT2D eigenvalue weighted by Gasteiger charge is 2.01. The Bertz CT molecular complexity index is 622. The molecule has 0 radical (unpaired) electrons. The molecule has 0 amide bonds. The molecule has 0 aliphatic carbocycles. The van der Waals surface area contributed by atoms with Gasteiger partial charge in [0.15, 0.2) is 5.82 Å². The topological polar surface area (TPSA) is 38.9 Å². The van der Waals surface area contributed by atoms with E-state index >= 15 is 0 Å². The van der Waals surface area contributed by atoms with Crippen LogP contribution in [0.1, 0.15) is 5.82 Å². The Morgan fingerprint density at radius 1 is 1.06 bits per heavy atom. The molecule has 2 aromatic carbocycles. The number of hydrogen-bond donors (Lipinski definition) is 0. The molecule has 4 heteroatoms. The highest BCUT2D eigenvalue weighted by atomic mass is 32.2. The van der Waals surface area contributed by atoms with Gasteiger partial charge in [-0.1, -0.05) is 35.5 Å². The number of aromatic nitrogens is 2. The van der Waals surface area contributed by atoms with Gasteiger partial charge >= 0.3 is 0 Å². The standard InChI is InChI=1S/C13H10N2OS/c1-2-4-11-7-12(6-5-10(11)3-1)17-8-13-14-9-16-15-13/h1-7,9H,8H2. The molecule has 3 rings (SSSR count). The first-order valence-electron chi connectivity index (χ1n) is 5.29. The maximum Gasteiger partial charge on any atom is 0.213 e. The number of rotatable bonds is 3. The van der Waals surface area contributed by atoms with Crippen LogP contribution in [0.5, 0.6) is 0 Å². The van der Waals surface area contributed by atoms with Crippen LogP contribution in [0.4, 0.5) is 0 Å². The van der Waals surface area contributed by atoms with Crippen molar-refractivity contribution < 1.29 is 4.52 Å². The van der Waals surface area contributed by atoms with Crippen molar-refractivity contribution in [1.29, 1.82) is 0 Å². The second-order valence-corrected chi connectivity index (χ2v) is 4.69. The van der Waals surface area contributed by atoms with Crippen molar-refractivity contribution in [2.75, 3.05) is 0 Å². The molecule has 3 nitrogen and oxygen atoms in total. The lowest BCUT2D eigenvalue weighted by molar-refractivity contribution is 0.412. The fourth-order valence-corrected chi connectivity index (χ4v) is 2.46. The smallest absolute Gasteiger partial charge is 0.213 e. The van der Waals surface area contributed by atoms with E-state index in [-0.39, 0.29) is 0 Å². The Kier molecular flexibility index (Phi) is 2.80. The van der Waals surface area contributed by atoms with E-state index in [4.69, 9.17) is 4.52 Å². The molecule has 1 aromatic heterocycles. The van der Waals surface area contributed by atoms with Gasteiger partial charge < -0.3 is 4.52 Å². The Hall–Kier alpha value is -1.81. The van der Waals surface area contributed by atoms with Gasteiger partial charge in [-0.15, -0.1) is 11.8 Å². The average Bonchev–Trinajstić information content (AvgIpc) is 2.89. The third-order valence-electron chi connectivity index (χ3n) is 2.50. The molecule has 0 spiro atoms. The van der Waals surface area contributed by atoms with Crippen molar-refractivity contribution >= 4 is 22.5 Å². The summed E-state index contributed by atoms with van der Waals surface area (Å²) in [4.78, 5) is 5.21. The highest BCUT2D eigenvalue weighted by molar-refractivity contribution is 7.98. The predicted molar refractivity (Wildman–Crippen MR) is 67.8 cm³/mol. The van der Waals surface area contributed by atoms with Crippen molar-refractivity contribution in [1.82, 2.24) is 10.1 Å². The fourth-order valence-electron chi connectivity index (χ4n) is 1.66. The van der Waals surface area contributed by atoms with Crippen molar-refractivity contribution in [2.24, 2.45) is 0 Å². The Morgan fingerprint density at radius 3 is 2.76 bits per heavy atom. The summed E-state index contributed by atoms with van der Waals surface area (Å²) in [5.74, 6) is 1.46. The molecule has 0 aliphatic heterocycles. The van der Waals surface area contributed by atoms with E-state index in [2.05, 4.69) is 52.6 Å². The zero-order chi connectivity index (χ0) is 11.5. The van der Waals surface area contributed by atoms with E-state index < -0.39 is 0 Å². The van der Waals surface area contributed by atoms with Crippen molar-refractivity contribution in [3.8, 4) is 0 Å². The summed E-state index contributed by atoms with van der Waals surface area (Å²) in [5, 5.41) is 6.30. The van der Waals surface area contributed by atoms with Crippen LogP contribution in [0.25, 0.3) is 10.8 Å². The van der Waals surface area contributed by atoms with Crippen LogP contribution in [0.15, 0.2) is 58.3 Å². The minimum Gasteiger partial charge on any atom is -0.343 e. The van der Waals surface area contributed by atoms with Crippen LogP contribution in [0.2, 0.25) is 0 Å². The van der Waals surface area contributed by atoms with E-state index in [1.54, 1.807) is 11.8 Å². The first-order chi connectivity index (χ1) is 8.42. The van der Waals surface area contributed by atoms with E-state index in [0.717, 1.165) is 11.6 Å². The van der Waals surface area contributed by atoms with Gasteiger partial charge in [-0.05, 0) is 22.9 Å². The van der Waals surface area contributed by atoms with Crippen molar-refractivity contribution in [2.45, 2.75) is 10.6 Å². The summed E-state index contributed by atoms with van der Waals surface area (Å²) in [6.07, 6.45) is 1.36. The number of benzene rings is 2. The van der Waals surface area contributed by atoms with Gasteiger partial charge in [0.2, 0.25) is 6.39 Å². The fraction of sp³-hybridized carbons (Fsp3) is 0.0769. The van der Waals surface area contributed by atoms with Crippen molar-refractivity contribution in [3.05, 3.63) is 54.7 Å². The van der Waals surface area contributed by atoms with Gasteiger partial charge in [-0.2, -0.15) is 4.98 Å². The molecule has 0 fully saturated rings. The van der Waals surface area contributed by atoms with Crippen LogP contribution in [-0.4, -0.2) is 10.1 Å². The molecule has 0 bridgehead atoms. The van der Waals surface area contributed by atoms with E-state index in [0.29, 0.717) is 0 Å². The molecule has 1 heterocycles. The lowest BCUT2D eigenvalue weighted by Gasteiger charge is -2.01. The predicted octanol–water partition coefficient (Wildman–Crippen LogP) is 3.52. The third kappa shape index (κ3) is 2.31. The number of fused-ring (bicyclic) bond motifs is 1. The molecule has 17 heavy (non-hydrogen) atoms. The van der Waals surface area contributed by atoms with Gasteiger partial charge in [-0.25, -0.2) is 0 Å². The van der Waals surface area contributed by atoms with Crippen LogP contribution in [0.3, 0.4) is 0 Å². The lowest BCUT2D eigenvalue weighted by Crippen LogP contribution is -1.83. The Morgan fingerprint density at radius 2 is 1.94 bits per heavy atom. The zero-order valence-electron chi connectivity index (χ0n) is 9.04. The van der Waals surface area contributed by atoms with Crippen LogP contribution in [-0.2, 0) is 5.75 Å². The monoisotopic (exact) mass is 242 g/mol. The number of nitrogens with zero attached hydrogens (tertiary/aromatic N) is 2. The van der Waals surface area contributed by atoms with Crippen molar-refractivity contribution in [3.63, 3.8) is 0 Å². The first-order valence-corrected chi connectivity index (χ1v) is 6.27. The minimum absolute atomic E-state index is 0.725.